The van der Waals surface area contributed by atoms with Gasteiger partial charge in [-0.15, -0.1) is 0 Å². The Labute approximate surface area is 129 Å². The Morgan fingerprint density at radius 3 is 2.48 bits per heavy atom. The molecule has 1 saturated carbocycles. The number of amides is 1. The van der Waals surface area contributed by atoms with Gasteiger partial charge in [-0.05, 0) is 25.0 Å². The zero-order valence-electron chi connectivity index (χ0n) is 12.2. The zero-order valence-corrected chi connectivity index (χ0v) is 12.2. The van der Waals surface area contributed by atoms with Crippen LogP contribution in [0.4, 0.5) is 0 Å². The van der Waals surface area contributed by atoms with Crippen LogP contribution in [0.3, 0.4) is 0 Å². The van der Waals surface area contributed by atoms with Crippen LogP contribution in [0.2, 0.25) is 0 Å². The van der Waals surface area contributed by atoms with Crippen LogP contribution in [0.5, 0.6) is 0 Å². The van der Waals surface area contributed by atoms with Gasteiger partial charge in [-0.1, -0.05) is 12.1 Å². The second-order valence-electron chi connectivity index (χ2n) is 5.63. The molecule has 0 spiro atoms. The Morgan fingerprint density at radius 2 is 1.87 bits per heavy atom. The topological polar surface area (TPSA) is 121 Å². The van der Waals surface area contributed by atoms with Gasteiger partial charge < -0.3 is 10.4 Å². The fourth-order valence-corrected chi connectivity index (χ4v) is 2.46. The van der Waals surface area contributed by atoms with Gasteiger partial charge in [0.2, 0.25) is 5.91 Å². The van der Waals surface area contributed by atoms with Crippen molar-refractivity contribution in [2.24, 2.45) is 0 Å². The minimum Gasteiger partial charge on any atom is -0.480 e. The van der Waals surface area contributed by atoms with Crippen LogP contribution in [0.15, 0.2) is 33.9 Å². The summed E-state index contributed by atoms with van der Waals surface area (Å²) < 4.78 is 1.07. The average Bonchev–Trinajstić information content (AvgIpc) is 3.30. The van der Waals surface area contributed by atoms with Gasteiger partial charge in [0.25, 0.3) is 11.1 Å². The molecule has 0 bridgehead atoms. The first-order valence-corrected chi connectivity index (χ1v) is 7.19. The fourth-order valence-electron chi connectivity index (χ4n) is 2.46. The van der Waals surface area contributed by atoms with Gasteiger partial charge in [0.05, 0.1) is 17.3 Å². The van der Waals surface area contributed by atoms with E-state index in [9.17, 15) is 19.2 Å². The van der Waals surface area contributed by atoms with Crippen LogP contribution in [-0.2, 0) is 16.1 Å². The van der Waals surface area contributed by atoms with E-state index in [1.54, 1.807) is 24.3 Å². The Bertz CT molecular complexity index is 907. The highest BCUT2D eigenvalue weighted by atomic mass is 16.4. The molecule has 3 N–H and O–H groups in total. The lowest BCUT2D eigenvalue weighted by atomic mass is 10.2. The third-order valence-electron chi connectivity index (χ3n) is 3.98. The number of carbonyl (C=O) groups is 2. The third-order valence-corrected chi connectivity index (χ3v) is 3.98. The Morgan fingerprint density at radius 1 is 1.22 bits per heavy atom. The van der Waals surface area contributed by atoms with E-state index in [0.717, 1.165) is 4.68 Å². The van der Waals surface area contributed by atoms with Gasteiger partial charge in [0.15, 0.2) is 0 Å². The summed E-state index contributed by atoms with van der Waals surface area (Å²) in [5.74, 6) is -1.52. The van der Waals surface area contributed by atoms with Crippen LogP contribution >= 0.6 is 0 Å². The molecule has 1 aliphatic carbocycles. The number of carboxylic acid groups (broad SMARTS) is 1. The second kappa shape index (κ2) is 5.38. The Balaban J connectivity index is 1.76. The highest BCUT2D eigenvalue weighted by Crippen LogP contribution is 2.35. The number of aromatic nitrogens is 2. The van der Waals surface area contributed by atoms with Gasteiger partial charge in [0, 0.05) is 6.42 Å². The number of hydrogen-bond donors (Lipinski definition) is 3. The summed E-state index contributed by atoms with van der Waals surface area (Å²) in [6.45, 7) is -0.0273. The lowest BCUT2D eigenvalue weighted by Crippen LogP contribution is -2.43. The first-order chi connectivity index (χ1) is 10.9. The predicted molar refractivity (Wildman–Crippen MR) is 81.2 cm³/mol. The third kappa shape index (κ3) is 2.75. The minimum atomic E-state index is -1.15. The quantitative estimate of drug-likeness (QED) is 0.706. The lowest BCUT2D eigenvalue weighted by molar-refractivity contribution is -0.143. The summed E-state index contributed by atoms with van der Waals surface area (Å²) in [5, 5.41) is 14.5. The molecule has 0 aliphatic heterocycles. The van der Waals surface area contributed by atoms with Crippen molar-refractivity contribution in [3.8, 4) is 0 Å². The number of nitrogens with zero attached hydrogens (tertiary/aromatic N) is 1. The van der Waals surface area contributed by atoms with Gasteiger partial charge in [-0.3, -0.25) is 19.5 Å². The molecule has 1 aromatic heterocycles. The molecule has 0 saturated heterocycles. The molecule has 8 nitrogen and oxygen atoms in total. The molecule has 1 aromatic carbocycles. The van der Waals surface area contributed by atoms with E-state index in [-0.39, 0.29) is 18.4 Å². The molecule has 1 amide bonds. The zero-order chi connectivity index (χ0) is 16.6. The van der Waals surface area contributed by atoms with Gasteiger partial charge >= 0.3 is 5.97 Å². The summed E-state index contributed by atoms with van der Waals surface area (Å²) >= 11 is 0. The van der Waals surface area contributed by atoms with Crippen LogP contribution in [-0.4, -0.2) is 32.3 Å². The van der Waals surface area contributed by atoms with E-state index < -0.39 is 28.5 Å². The van der Waals surface area contributed by atoms with Crippen LogP contribution in [0.25, 0.3) is 10.8 Å². The minimum absolute atomic E-state index is 0.0273. The highest BCUT2D eigenvalue weighted by molar-refractivity contribution is 5.89. The van der Waals surface area contributed by atoms with Crippen LogP contribution < -0.4 is 16.4 Å². The van der Waals surface area contributed by atoms with E-state index in [4.69, 9.17) is 5.11 Å². The Kier molecular flexibility index (Phi) is 3.51. The molecular weight excluding hydrogens is 302 g/mol. The highest BCUT2D eigenvalue weighted by Gasteiger charge is 2.51. The maximum absolute atomic E-state index is 12.3. The molecule has 3 rings (SSSR count). The van der Waals surface area contributed by atoms with E-state index in [0.29, 0.717) is 18.2 Å². The molecule has 0 atom stereocenters. The van der Waals surface area contributed by atoms with E-state index in [2.05, 4.69) is 10.4 Å². The number of aryl methyl sites for hydroxylation is 1. The number of carboxylic acids is 1. The number of nitrogens with one attached hydrogen (secondary N) is 2. The smallest absolute Gasteiger partial charge is 0.329 e. The number of H-pyrrole nitrogens is 1. The van der Waals surface area contributed by atoms with Crippen molar-refractivity contribution in [3.05, 3.63) is 45.0 Å². The Hall–Kier alpha value is -2.90. The molecule has 0 radical (unpaired) electrons. The maximum atomic E-state index is 12.3. The first kappa shape index (κ1) is 15.0. The van der Waals surface area contributed by atoms with Crippen molar-refractivity contribution in [1.29, 1.82) is 0 Å². The number of aliphatic carboxylic acids is 1. The molecule has 1 fully saturated rings. The summed E-state index contributed by atoms with van der Waals surface area (Å²) in [6, 6.07) is 6.42. The van der Waals surface area contributed by atoms with E-state index in [1.807, 2.05) is 0 Å². The SMILES string of the molecule is O=C(CCn1[nH]c(=O)c2ccccc2c1=O)NC1(C(=O)O)CC1. The van der Waals surface area contributed by atoms with Crippen molar-refractivity contribution in [3.63, 3.8) is 0 Å². The number of carbonyl (C=O) groups excluding carboxylic acids is 1. The van der Waals surface area contributed by atoms with Crippen molar-refractivity contribution >= 4 is 22.6 Å². The van der Waals surface area contributed by atoms with Crippen LogP contribution in [0, 0.1) is 0 Å². The van der Waals surface area contributed by atoms with Crippen molar-refractivity contribution in [2.45, 2.75) is 31.3 Å². The van der Waals surface area contributed by atoms with E-state index in [1.165, 1.54) is 0 Å². The molecule has 120 valence electrons. The second-order valence-corrected chi connectivity index (χ2v) is 5.63. The van der Waals surface area contributed by atoms with Crippen molar-refractivity contribution in [1.82, 2.24) is 15.1 Å². The summed E-state index contributed by atoms with van der Waals surface area (Å²) in [6.07, 6.45) is 0.713. The number of aromatic amines is 1. The summed E-state index contributed by atoms with van der Waals surface area (Å²) in [7, 11) is 0. The van der Waals surface area contributed by atoms with E-state index >= 15 is 0 Å². The molecule has 1 aliphatic rings. The number of fused-ring (bicyclic) bond motifs is 1. The average molecular weight is 317 g/mol. The molecule has 2 aromatic rings. The molecule has 23 heavy (non-hydrogen) atoms. The van der Waals surface area contributed by atoms with Gasteiger partial charge in [-0.25, -0.2) is 9.48 Å². The van der Waals surface area contributed by atoms with Crippen LogP contribution in [0.1, 0.15) is 19.3 Å². The maximum Gasteiger partial charge on any atom is 0.329 e. The standard InChI is InChI=1S/C15H15N3O5/c19-11(16-15(6-7-15)14(22)23)5-8-18-13(21)10-4-2-1-3-9(10)12(20)17-18/h1-4H,5-8H2,(H,16,19)(H,17,20)(H,22,23). The van der Waals surface area contributed by atoms with Crippen molar-refractivity contribution < 1.29 is 14.7 Å². The monoisotopic (exact) mass is 317 g/mol. The lowest BCUT2D eigenvalue weighted by Gasteiger charge is -2.12. The molecule has 0 unspecified atom stereocenters. The molecule has 8 heteroatoms. The summed E-state index contributed by atoms with van der Waals surface area (Å²) in [4.78, 5) is 47.1. The van der Waals surface area contributed by atoms with Crippen molar-refractivity contribution in [2.75, 3.05) is 0 Å². The first-order valence-electron chi connectivity index (χ1n) is 7.19. The molecular formula is C15H15N3O5. The van der Waals surface area contributed by atoms with Gasteiger partial charge in [0.1, 0.15) is 5.54 Å². The summed E-state index contributed by atoms with van der Waals surface area (Å²) in [5.41, 5.74) is -1.96. The largest absolute Gasteiger partial charge is 0.480 e. The number of rotatable bonds is 5. The number of hydrogen-bond acceptors (Lipinski definition) is 4. The molecule has 1 heterocycles. The number of benzene rings is 1. The normalized spacial score (nSPS) is 15.3. The fraction of sp³-hybridized carbons (Fsp3) is 0.333. The predicted octanol–water partition coefficient (Wildman–Crippen LogP) is -0.187. The van der Waals surface area contributed by atoms with Gasteiger partial charge in [-0.2, -0.15) is 0 Å².